The van der Waals surface area contributed by atoms with E-state index in [2.05, 4.69) is 20.3 Å². The number of nitrogens with zero attached hydrogens (tertiary/aromatic N) is 5. The molecule has 0 fully saturated rings. The van der Waals surface area contributed by atoms with Crippen molar-refractivity contribution >= 4 is 11.6 Å². The molecule has 0 aliphatic carbocycles. The monoisotopic (exact) mass is 275 g/mol. The normalized spacial score (nSPS) is 10.8. The van der Waals surface area contributed by atoms with Gasteiger partial charge in [-0.25, -0.2) is 0 Å². The van der Waals surface area contributed by atoms with Gasteiger partial charge >= 0.3 is 0 Å². The van der Waals surface area contributed by atoms with Crippen molar-refractivity contribution in [3.05, 3.63) is 47.8 Å². The molecule has 0 saturated carbocycles. The molecule has 0 saturated heterocycles. The summed E-state index contributed by atoms with van der Waals surface area (Å²) in [5.74, 6) is 1.36. The predicted octanol–water partition coefficient (Wildman–Crippen LogP) is 2.22. The highest BCUT2D eigenvalue weighted by Crippen LogP contribution is 2.20. The Morgan fingerprint density at radius 1 is 1.16 bits per heavy atom. The van der Waals surface area contributed by atoms with Crippen LogP contribution < -0.4 is 0 Å². The fourth-order valence-electron chi connectivity index (χ4n) is 1.80. The van der Waals surface area contributed by atoms with Crippen LogP contribution in [-0.4, -0.2) is 24.9 Å². The van der Waals surface area contributed by atoms with Crippen molar-refractivity contribution in [1.29, 1.82) is 0 Å². The van der Waals surface area contributed by atoms with Crippen molar-refractivity contribution in [3.8, 4) is 11.4 Å². The topological polar surface area (TPSA) is 69.6 Å². The summed E-state index contributed by atoms with van der Waals surface area (Å²) in [6, 6.07) is 9.77. The largest absolute Gasteiger partial charge is 0.343 e. The van der Waals surface area contributed by atoms with Gasteiger partial charge in [0.25, 0.3) is 0 Å². The number of aryl methyl sites for hydroxylation is 1. The van der Waals surface area contributed by atoms with Crippen molar-refractivity contribution in [2.45, 2.75) is 13.0 Å². The standard InChI is InChI=1S/C12H10ClN5O/c13-12-16-15-11(9-4-2-1-3-5-9)18(12)7-6-10-14-8-19-17-10/h1-5,8H,6-7H2. The number of hydrogen-bond donors (Lipinski definition) is 0. The molecule has 0 bridgehead atoms. The molecule has 0 radical (unpaired) electrons. The first-order valence-electron chi connectivity index (χ1n) is 5.74. The lowest BCUT2D eigenvalue weighted by Gasteiger charge is -2.05. The van der Waals surface area contributed by atoms with Crippen LogP contribution in [-0.2, 0) is 13.0 Å². The van der Waals surface area contributed by atoms with Crippen molar-refractivity contribution in [3.63, 3.8) is 0 Å². The van der Waals surface area contributed by atoms with Crippen LogP contribution in [0.3, 0.4) is 0 Å². The SMILES string of the molecule is Clc1nnc(-c2ccccc2)n1CCc1ncon1. The zero-order valence-electron chi connectivity index (χ0n) is 9.90. The molecule has 6 nitrogen and oxygen atoms in total. The highest BCUT2D eigenvalue weighted by molar-refractivity contribution is 6.28. The minimum atomic E-state index is 0.349. The van der Waals surface area contributed by atoms with Crippen LogP contribution in [0, 0.1) is 0 Å². The maximum atomic E-state index is 6.06. The highest BCUT2D eigenvalue weighted by atomic mass is 35.5. The Balaban J connectivity index is 1.87. The maximum Gasteiger partial charge on any atom is 0.225 e. The Morgan fingerprint density at radius 2 is 2.00 bits per heavy atom. The summed E-state index contributed by atoms with van der Waals surface area (Å²) < 4.78 is 6.52. The summed E-state index contributed by atoms with van der Waals surface area (Å²) in [5.41, 5.74) is 0.968. The molecule has 0 spiro atoms. The second-order valence-corrected chi connectivity index (χ2v) is 4.25. The first-order chi connectivity index (χ1) is 9.34. The Kier molecular flexibility index (Phi) is 3.24. The molecular weight excluding hydrogens is 266 g/mol. The van der Waals surface area contributed by atoms with Crippen molar-refractivity contribution in [2.75, 3.05) is 0 Å². The van der Waals surface area contributed by atoms with Gasteiger partial charge in [0, 0.05) is 18.5 Å². The molecule has 3 aromatic rings. The van der Waals surface area contributed by atoms with Crippen LogP contribution in [0.25, 0.3) is 11.4 Å². The van der Waals surface area contributed by atoms with Crippen LogP contribution >= 0.6 is 11.6 Å². The molecule has 0 aliphatic heterocycles. The molecule has 2 heterocycles. The quantitative estimate of drug-likeness (QED) is 0.730. The fraction of sp³-hybridized carbons (Fsp3) is 0.167. The molecule has 2 aromatic heterocycles. The van der Waals surface area contributed by atoms with Gasteiger partial charge in [0.15, 0.2) is 11.6 Å². The number of rotatable bonds is 4. The summed E-state index contributed by atoms with van der Waals surface area (Å²) in [7, 11) is 0. The van der Waals surface area contributed by atoms with Crippen LogP contribution in [0.5, 0.6) is 0 Å². The summed E-state index contributed by atoms with van der Waals surface area (Å²) >= 11 is 6.06. The van der Waals surface area contributed by atoms with E-state index < -0.39 is 0 Å². The van der Waals surface area contributed by atoms with E-state index in [9.17, 15) is 0 Å². The average molecular weight is 276 g/mol. The molecule has 0 amide bonds. The molecule has 7 heteroatoms. The number of hydrogen-bond acceptors (Lipinski definition) is 5. The third kappa shape index (κ3) is 2.48. The third-order valence-electron chi connectivity index (χ3n) is 2.70. The van der Waals surface area contributed by atoms with Crippen LogP contribution in [0.2, 0.25) is 5.28 Å². The second kappa shape index (κ2) is 5.19. The third-order valence-corrected chi connectivity index (χ3v) is 2.98. The highest BCUT2D eigenvalue weighted by Gasteiger charge is 2.12. The summed E-state index contributed by atoms with van der Waals surface area (Å²) in [6.45, 7) is 0.593. The van der Waals surface area contributed by atoms with Crippen molar-refractivity contribution < 1.29 is 4.52 Å². The van der Waals surface area contributed by atoms with Gasteiger partial charge in [-0.1, -0.05) is 35.5 Å². The van der Waals surface area contributed by atoms with Gasteiger partial charge in [0.05, 0.1) is 0 Å². The van der Waals surface area contributed by atoms with E-state index in [-0.39, 0.29) is 0 Å². The Morgan fingerprint density at radius 3 is 2.74 bits per heavy atom. The lowest BCUT2D eigenvalue weighted by Crippen LogP contribution is -2.05. The molecule has 0 N–H and O–H groups in total. The minimum Gasteiger partial charge on any atom is -0.343 e. The van der Waals surface area contributed by atoms with Crippen LogP contribution in [0.1, 0.15) is 5.82 Å². The molecule has 0 aliphatic rings. The smallest absolute Gasteiger partial charge is 0.225 e. The zero-order valence-corrected chi connectivity index (χ0v) is 10.7. The van der Waals surface area contributed by atoms with Crippen LogP contribution in [0.15, 0.2) is 41.2 Å². The van der Waals surface area contributed by atoms with E-state index in [4.69, 9.17) is 16.1 Å². The van der Waals surface area contributed by atoms with Crippen molar-refractivity contribution in [1.82, 2.24) is 24.9 Å². The van der Waals surface area contributed by atoms with Gasteiger partial charge < -0.3 is 4.52 Å². The summed E-state index contributed by atoms with van der Waals surface area (Å²) in [4.78, 5) is 3.97. The maximum absolute atomic E-state index is 6.06. The van der Waals surface area contributed by atoms with Crippen molar-refractivity contribution in [2.24, 2.45) is 0 Å². The lowest BCUT2D eigenvalue weighted by molar-refractivity contribution is 0.408. The Labute approximate surface area is 114 Å². The lowest BCUT2D eigenvalue weighted by atomic mass is 10.2. The second-order valence-electron chi connectivity index (χ2n) is 3.91. The average Bonchev–Trinajstić information content (AvgIpc) is 3.07. The van der Waals surface area contributed by atoms with E-state index in [0.717, 1.165) is 11.4 Å². The first-order valence-corrected chi connectivity index (χ1v) is 6.12. The van der Waals surface area contributed by atoms with Gasteiger partial charge in [-0.05, 0) is 11.6 Å². The summed E-state index contributed by atoms with van der Waals surface area (Å²) in [6.07, 6.45) is 1.91. The molecule has 0 unspecified atom stereocenters. The first kappa shape index (κ1) is 11.9. The van der Waals surface area contributed by atoms with E-state index in [1.807, 2.05) is 34.9 Å². The summed E-state index contributed by atoms with van der Waals surface area (Å²) in [5, 5.41) is 12.1. The molecule has 96 valence electrons. The minimum absolute atomic E-state index is 0.349. The van der Waals surface area contributed by atoms with Gasteiger partial charge in [0.1, 0.15) is 0 Å². The van der Waals surface area contributed by atoms with E-state index >= 15 is 0 Å². The molecule has 0 atom stereocenters. The van der Waals surface area contributed by atoms with Gasteiger partial charge in [-0.3, -0.25) is 4.57 Å². The molecule has 3 rings (SSSR count). The van der Waals surface area contributed by atoms with Gasteiger partial charge in [-0.2, -0.15) is 4.98 Å². The molecule has 19 heavy (non-hydrogen) atoms. The predicted molar refractivity (Wildman–Crippen MR) is 68.5 cm³/mol. The van der Waals surface area contributed by atoms with E-state index in [1.54, 1.807) is 0 Å². The van der Waals surface area contributed by atoms with Gasteiger partial charge in [0.2, 0.25) is 11.7 Å². The zero-order chi connectivity index (χ0) is 13.1. The van der Waals surface area contributed by atoms with E-state index in [0.29, 0.717) is 24.1 Å². The Hall–Kier alpha value is -2.21. The van der Waals surface area contributed by atoms with Gasteiger partial charge in [-0.15, -0.1) is 10.2 Å². The number of benzene rings is 1. The van der Waals surface area contributed by atoms with Crippen LogP contribution in [0.4, 0.5) is 0 Å². The molecule has 1 aromatic carbocycles. The van der Waals surface area contributed by atoms with E-state index in [1.165, 1.54) is 6.39 Å². The number of halogens is 1. The number of aromatic nitrogens is 5. The molecular formula is C12H10ClN5O. The fourth-order valence-corrected chi connectivity index (χ4v) is 2.00. The Bertz CT molecular complexity index is 650.